The average Bonchev–Trinajstić information content (AvgIpc) is 2.60. The molecule has 1 heterocycles. The summed E-state index contributed by atoms with van der Waals surface area (Å²) < 4.78 is 20.9. The number of likely N-dealkylation sites (tertiary alicyclic amines) is 1. The zero-order valence-corrected chi connectivity index (χ0v) is 17.4. The lowest BCUT2D eigenvalue weighted by Crippen LogP contribution is -2.60. The van der Waals surface area contributed by atoms with Gasteiger partial charge in [0.25, 0.3) is 0 Å². The van der Waals surface area contributed by atoms with Gasteiger partial charge in [-0.1, -0.05) is 6.07 Å². The lowest BCUT2D eigenvalue weighted by atomic mass is 9.91. The van der Waals surface area contributed by atoms with Crippen molar-refractivity contribution in [1.82, 2.24) is 10.2 Å². The molecular formula is C20H30N2O6. The van der Waals surface area contributed by atoms with Gasteiger partial charge in [-0.2, -0.15) is 0 Å². The Morgan fingerprint density at radius 1 is 1.18 bits per heavy atom. The number of benzene rings is 1. The van der Waals surface area contributed by atoms with Crippen LogP contribution in [-0.4, -0.2) is 63.0 Å². The molecule has 156 valence electrons. The monoisotopic (exact) mass is 394 g/mol. The Bertz CT molecular complexity index is 694. The van der Waals surface area contributed by atoms with Crippen molar-refractivity contribution < 1.29 is 28.5 Å². The molecule has 1 unspecified atom stereocenters. The number of hydrogen-bond donors (Lipinski definition) is 1. The molecule has 0 spiro atoms. The van der Waals surface area contributed by atoms with Gasteiger partial charge in [-0.15, -0.1) is 0 Å². The van der Waals surface area contributed by atoms with Gasteiger partial charge < -0.3 is 23.8 Å². The number of methoxy groups -OCH3 is 3. The molecule has 0 bridgehead atoms. The molecule has 0 saturated carbocycles. The van der Waals surface area contributed by atoms with E-state index in [1.807, 2.05) is 32.9 Å². The Labute approximate surface area is 166 Å². The molecule has 8 heteroatoms. The predicted octanol–water partition coefficient (Wildman–Crippen LogP) is 2.20. The van der Waals surface area contributed by atoms with Crippen LogP contribution in [0, 0.1) is 5.92 Å². The molecule has 28 heavy (non-hydrogen) atoms. The van der Waals surface area contributed by atoms with Gasteiger partial charge in [0, 0.05) is 37.2 Å². The molecule has 8 nitrogen and oxygen atoms in total. The first-order valence-corrected chi connectivity index (χ1v) is 9.18. The Morgan fingerprint density at radius 3 is 2.39 bits per heavy atom. The molecule has 1 saturated heterocycles. The third-order valence-electron chi connectivity index (χ3n) is 4.49. The highest BCUT2D eigenvalue weighted by molar-refractivity contribution is 5.77. The average molecular weight is 394 g/mol. The van der Waals surface area contributed by atoms with Crippen LogP contribution < -0.4 is 14.8 Å². The predicted molar refractivity (Wildman–Crippen MR) is 103 cm³/mol. The van der Waals surface area contributed by atoms with Gasteiger partial charge in [0.1, 0.15) is 23.1 Å². The number of carbonyl (C=O) groups is 2. The van der Waals surface area contributed by atoms with E-state index in [4.69, 9.17) is 18.9 Å². The maximum atomic E-state index is 12.3. The number of ether oxygens (including phenoxy) is 4. The van der Waals surface area contributed by atoms with Crippen molar-refractivity contribution in [3.8, 4) is 11.5 Å². The van der Waals surface area contributed by atoms with Crippen LogP contribution in [0.15, 0.2) is 18.2 Å². The topological polar surface area (TPSA) is 86.3 Å². The first-order chi connectivity index (χ1) is 13.2. The Hall–Kier alpha value is -2.48. The summed E-state index contributed by atoms with van der Waals surface area (Å²) in [6, 6.07) is 4.97. The van der Waals surface area contributed by atoms with E-state index in [9.17, 15) is 9.59 Å². The summed E-state index contributed by atoms with van der Waals surface area (Å²) in [5.74, 6) is 0.946. The Balaban J connectivity index is 1.99. The van der Waals surface area contributed by atoms with E-state index in [1.54, 1.807) is 25.2 Å². The fraction of sp³-hybridized carbons (Fsp3) is 0.600. The van der Waals surface area contributed by atoms with Gasteiger partial charge in [-0.3, -0.25) is 10.1 Å². The van der Waals surface area contributed by atoms with E-state index >= 15 is 0 Å². The molecule has 0 radical (unpaired) electrons. The molecule has 0 aromatic heterocycles. The van der Waals surface area contributed by atoms with Gasteiger partial charge in [-0.25, -0.2) is 4.79 Å². The van der Waals surface area contributed by atoms with Crippen LogP contribution in [0.2, 0.25) is 0 Å². The molecule has 1 atom stereocenters. The lowest BCUT2D eigenvalue weighted by molar-refractivity contribution is -0.146. The number of esters is 1. The van der Waals surface area contributed by atoms with Crippen molar-refractivity contribution in [1.29, 1.82) is 0 Å². The van der Waals surface area contributed by atoms with Crippen molar-refractivity contribution in [3.63, 3.8) is 0 Å². The molecule has 1 aromatic rings. The van der Waals surface area contributed by atoms with Gasteiger partial charge in [-0.05, 0) is 26.8 Å². The molecular weight excluding hydrogens is 364 g/mol. The third kappa shape index (κ3) is 5.51. The first kappa shape index (κ1) is 21.8. The van der Waals surface area contributed by atoms with Crippen molar-refractivity contribution in [2.45, 2.75) is 39.0 Å². The van der Waals surface area contributed by atoms with Crippen LogP contribution in [0.4, 0.5) is 4.79 Å². The Kier molecular flexibility index (Phi) is 7.12. The van der Waals surface area contributed by atoms with E-state index in [0.717, 1.165) is 5.56 Å². The van der Waals surface area contributed by atoms with Gasteiger partial charge in [0.2, 0.25) is 0 Å². The summed E-state index contributed by atoms with van der Waals surface area (Å²) in [7, 11) is 4.53. The van der Waals surface area contributed by atoms with Crippen LogP contribution in [-0.2, 0) is 20.8 Å². The van der Waals surface area contributed by atoms with Crippen LogP contribution >= 0.6 is 0 Å². The van der Waals surface area contributed by atoms with E-state index in [-0.39, 0.29) is 18.0 Å². The minimum Gasteiger partial charge on any atom is -0.497 e. The summed E-state index contributed by atoms with van der Waals surface area (Å²) in [5, 5.41) is 3.23. The quantitative estimate of drug-likeness (QED) is 0.710. The second-order valence-corrected chi connectivity index (χ2v) is 7.70. The second kappa shape index (κ2) is 9.14. The number of carbonyl (C=O) groups excluding carboxylic acids is 2. The van der Waals surface area contributed by atoms with E-state index in [1.165, 1.54) is 7.11 Å². The minimum absolute atomic E-state index is 0.0517. The molecule has 1 N–H and O–H groups in total. The second-order valence-electron chi connectivity index (χ2n) is 7.70. The van der Waals surface area contributed by atoms with E-state index < -0.39 is 11.6 Å². The van der Waals surface area contributed by atoms with Crippen LogP contribution in [0.25, 0.3) is 0 Å². The van der Waals surface area contributed by atoms with Crippen molar-refractivity contribution in [2.24, 2.45) is 5.92 Å². The smallest absolute Gasteiger partial charge is 0.410 e. The van der Waals surface area contributed by atoms with Gasteiger partial charge >= 0.3 is 12.1 Å². The van der Waals surface area contributed by atoms with Crippen LogP contribution in [0.5, 0.6) is 11.5 Å². The SMILES string of the molecule is COC(=O)C(NCc1ccc(OC)cc1OC)C1CN(C(=O)OC(C)(C)C)C1. The number of amides is 1. The molecule has 1 amide bonds. The summed E-state index contributed by atoms with van der Waals surface area (Å²) in [4.78, 5) is 26.0. The largest absolute Gasteiger partial charge is 0.497 e. The molecule has 2 rings (SSSR count). The highest BCUT2D eigenvalue weighted by Gasteiger charge is 2.41. The fourth-order valence-electron chi connectivity index (χ4n) is 2.99. The highest BCUT2D eigenvalue weighted by Crippen LogP contribution is 2.26. The Morgan fingerprint density at radius 2 is 1.86 bits per heavy atom. The highest BCUT2D eigenvalue weighted by atomic mass is 16.6. The maximum absolute atomic E-state index is 12.3. The summed E-state index contributed by atoms with van der Waals surface area (Å²) in [6.45, 7) is 6.74. The zero-order chi connectivity index (χ0) is 20.9. The van der Waals surface area contributed by atoms with Gasteiger partial charge in [0.05, 0.1) is 21.3 Å². The minimum atomic E-state index is -0.549. The first-order valence-electron chi connectivity index (χ1n) is 9.18. The van der Waals surface area contributed by atoms with Gasteiger partial charge in [0.15, 0.2) is 0 Å². The van der Waals surface area contributed by atoms with Crippen molar-refractivity contribution >= 4 is 12.1 Å². The molecule has 1 aliphatic heterocycles. The summed E-state index contributed by atoms with van der Waals surface area (Å²) in [5.41, 5.74) is 0.341. The lowest BCUT2D eigenvalue weighted by Gasteiger charge is -2.42. The zero-order valence-electron chi connectivity index (χ0n) is 17.4. The van der Waals surface area contributed by atoms with Crippen molar-refractivity contribution in [3.05, 3.63) is 23.8 Å². The van der Waals surface area contributed by atoms with E-state index in [2.05, 4.69) is 5.32 Å². The molecule has 1 aliphatic rings. The third-order valence-corrected chi connectivity index (χ3v) is 4.49. The molecule has 0 aliphatic carbocycles. The normalized spacial score (nSPS) is 15.4. The van der Waals surface area contributed by atoms with Crippen molar-refractivity contribution in [2.75, 3.05) is 34.4 Å². The number of rotatable bonds is 7. The summed E-state index contributed by atoms with van der Waals surface area (Å²) in [6.07, 6.45) is -0.371. The standard InChI is InChI=1S/C20H30N2O6/c1-20(2,3)28-19(24)22-11-14(12-22)17(18(23)27-6)21-10-13-7-8-15(25-4)9-16(13)26-5/h7-9,14,17,21H,10-12H2,1-6H3. The number of nitrogens with zero attached hydrogens (tertiary/aromatic N) is 1. The molecule has 1 fully saturated rings. The number of nitrogens with one attached hydrogen (secondary N) is 1. The summed E-state index contributed by atoms with van der Waals surface area (Å²) >= 11 is 0. The van der Waals surface area contributed by atoms with Crippen LogP contribution in [0.3, 0.4) is 0 Å². The number of hydrogen-bond acceptors (Lipinski definition) is 7. The van der Waals surface area contributed by atoms with E-state index in [0.29, 0.717) is 31.1 Å². The maximum Gasteiger partial charge on any atom is 0.410 e. The fourth-order valence-corrected chi connectivity index (χ4v) is 2.99. The molecule has 1 aromatic carbocycles. The van der Waals surface area contributed by atoms with Crippen LogP contribution in [0.1, 0.15) is 26.3 Å².